The van der Waals surface area contributed by atoms with Crippen molar-refractivity contribution in [3.63, 3.8) is 0 Å². The second kappa shape index (κ2) is 11.7. The predicted octanol–water partition coefficient (Wildman–Crippen LogP) is 4.64. The minimum Gasteiger partial charge on any atom is -0.439 e. The third kappa shape index (κ3) is 9.20. The van der Waals surface area contributed by atoms with E-state index in [1.807, 2.05) is 6.92 Å². The number of alkyl halides is 3. The summed E-state index contributed by atoms with van der Waals surface area (Å²) in [6, 6.07) is 8.90. The molecule has 154 valence electrons. The van der Waals surface area contributed by atoms with Gasteiger partial charge in [-0.05, 0) is 42.8 Å². The molecule has 0 radical (unpaired) electrons. The molecule has 28 heavy (non-hydrogen) atoms. The number of aromatic nitrogens is 1. The van der Waals surface area contributed by atoms with Crippen molar-refractivity contribution in [1.29, 1.82) is 0 Å². The molecule has 5 nitrogen and oxygen atoms in total. The summed E-state index contributed by atoms with van der Waals surface area (Å²) in [6.07, 6.45) is -3.63. The molecular formula is C18H21F4IN4O. The maximum absolute atomic E-state index is 12.9. The molecule has 10 heteroatoms. The van der Waals surface area contributed by atoms with Crippen molar-refractivity contribution in [1.82, 2.24) is 15.6 Å². The highest BCUT2D eigenvalue weighted by Gasteiger charge is 2.26. The van der Waals surface area contributed by atoms with E-state index in [4.69, 9.17) is 4.74 Å². The number of pyridine rings is 1. The number of hydrogen-bond donors (Lipinski definition) is 2. The number of hydrogen-bond acceptors (Lipinski definition) is 3. The van der Waals surface area contributed by atoms with Gasteiger partial charge >= 0.3 is 6.18 Å². The minimum atomic E-state index is -4.22. The van der Waals surface area contributed by atoms with E-state index in [-0.39, 0.29) is 42.9 Å². The fraction of sp³-hybridized carbons (Fsp3) is 0.333. The zero-order valence-corrected chi connectivity index (χ0v) is 17.4. The predicted molar refractivity (Wildman–Crippen MR) is 110 cm³/mol. The SMILES string of the molecule is CCNC(=NCc1ccnc(Oc2ccc(F)cc2)c1)NCCC(F)(F)F.I. The van der Waals surface area contributed by atoms with Gasteiger partial charge < -0.3 is 15.4 Å². The van der Waals surface area contributed by atoms with Crippen LogP contribution in [0.1, 0.15) is 18.9 Å². The van der Waals surface area contributed by atoms with E-state index in [1.54, 1.807) is 12.1 Å². The third-order valence-corrected chi connectivity index (χ3v) is 3.30. The molecular weight excluding hydrogens is 491 g/mol. The Labute approximate surface area is 177 Å². The van der Waals surface area contributed by atoms with Crippen LogP contribution in [0.3, 0.4) is 0 Å². The lowest BCUT2D eigenvalue weighted by Gasteiger charge is -2.12. The smallest absolute Gasteiger partial charge is 0.390 e. The molecule has 0 amide bonds. The average Bonchev–Trinajstić information content (AvgIpc) is 2.61. The summed E-state index contributed by atoms with van der Waals surface area (Å²) in [4.78, 5) is 8.33. The molecule has 0 unspecified atom stereocenters. The number of guanidine groups is 1. The maximum atomic E-state index is 12.9. The van der Waals surface area contributed by atoms with Crippen molar-refractivity contribution >= 4 is 29.9 Å². The van der Waals surface area contributed by atoms with Crippen LogP contribution in [0.5, 0.6) is 11.6 Å². The van der Waals surface area contributed by atoms with Crippen LogP contribution in [0.15, 0.2) is 47.6 Å². The molecule has 0 spiro atoms. The van der Waals surface area contributed by atoms with E-state index in [0.717, 1.165) is 5.56 Å². The Morgan fingerprint density at radius 2 is 1.86 bits per heavy atom. The van der Waals surface area contributed by atoms with Gasteiger partial charge in [0.25, 0.3) is 0 Å². The molecule has 0 fully saturated rings. The first kappa shape index (κ1) is 23.9. The van der Waals surface area contributed by atoms with Crippen LogP contribution in [0.25, 0.3) is 0 Å². The number of benzene rings is 1. The Bertz CT molecular complexity index is 754. The number of halogens is 5. The molecule has 2 rings (SSSR count). The van der Waals surface area contributed by atoms with Crippen molar-refractivity contribution in [3.8, 4) is 11.6 Å². The van der Waals surface area contributed by atoms with Crippen molar-refractivity contribution in [2.24, 2.45) is 4.99 Å². The Morgan fingerprint density at radius 1 is 1.14 bits per heavy atom. The molecule has 0 saturated heterocycles. The molecule has 1 aromatic carbocycles. The molecule has 0 aliphatic heterocycles. The topological polar surface area (TPSA) is 58.5 Å². The Morgan fingerprint density at radius 3 is 2.50 bits per heavy atom. The lowest BCUT2D eigenvalue weighted by Crippen LogP contribution is -2.38. The summed E-state index contributed by atoms with van der Waals surface area (Å²) in [5, 5.41) is 5.53. The van der Waals surface area contributed by atoms with Crippen molar-refractivity contribution in [2.45, 2.75) is 26.1 Å². The highest BCUT2D eigenvalue weighted by molar-refractivity contribution is 14.0. The largest absolute Gasteiger partial charge is 0.439 e. The van der Waals surface area contributed by atoms with Crippen LogP contribution in [0.2, 0.25) is 0 Å². The second-order valence-corrected chi connectivity index (χ2v) is 5.55. The van der Waals surface area contributed by atoms with Gasteiger partial charge in [-0.2, -0.15) is 13.2 Å². The van der Waals surface area contributed by atoms with Gasteiger partial charge in [-0.15, -0.1) is 24.0 Å². The van der Waals surface area contributed by atoms with E-state index in [9.17, 15) is 17.6 Å². The van der Waals surface area contributed by atoms with Gasteiger partial charge in [-0.25, -0.2) is 14.4 Å². The monoisotopic (exact) mass is 512 g/mol. The van der Waals surface area contributed by atoms with Crippen LogP contribution >= 0.6 is 24.0 Å². The molecule has 0 aliphatic carbocycles. The molecule has 0 saturated carbocycles. The van der Waals surface area contributed by atoms with E-state index in [0.29, 0.717) is 24.1 Å². The lowest BCUT2D eigenvalue weighted by molar-refractivity contribution is -0.132. The number of nitrogens with one attached hydrogen (secondary N) is 2. The molecule has 1 aromatic heterocycles. The fourth-order valence-corrected chi connectivity index (χ4v) is 2.06. The molecule has 2 N–H and O–H groups in total. The normalized spacial score (nSPS) is 11.5. The van der Waals surface area contributed by atoms with Crippen molar-refractivity contribution in [2.75, 3.05) is 13.1 Å². The van der Waals surface area contributed by atoms with Gasteiger partial charge in [0.1, 0.15) is 11.6 Å². The summed E-state index contributed by atoms with van der Waals surface area (Å²) in [5.74, 6) is 0.669. The zero-order valence-electron chi connectivity index (χ0n) is 15.1. The summed E-state index contributed by atoms with van der Waals surface area (Å²) < 4.78 is 55.2. The minimum absolute atomic E-state index is 0. The Kier molecular flexibility index (Phi) is 9.97. The highest BCUT2D eigenvalue weighted by Crippen LogP contribution is 2.20. The first-order chi connectivity index (χ1) is 12.9. The Hall–Kier alpha value is -2.11. The third-order valence-electron chi connectivity index (χ3n) is 3.30. The number of aliphatic imine (C=N–C) groups is 1. The van der Waals surface area contributed by atoms with E-state index < -0.39 is 12.6 Å². The van der Waals surface area contributed by atoms with Gasteiger partial charge in [0.05, 0.1) is 13.0 Å². The standard InChI is InChI=1S/C18H20F4N4O.HI/c1-2-23-17(25-10-8-18(20,21)22)26-12-13-7-9-24-16(11-13)27-15-5-3-14(19)4-6-15;/h3-7,9,11H,2,8,10,12H2,1H3,(H2,23,25,26);1H. The number of ether oxygens (including phenoxy) is 1. The van der Waals surface area contributed by atoms with Gasteiger partial charge in [0.15, 0.2) is 5.96 Å². The van der Waals surface area contributed by atoms with Gasteiger partial charge in [-0.3, -0.25) is 0 Å². The van der Waals surface area contributed by atoms with E-state index >= 15 is 0 Å². The summed E-state index contributed by atoms with van der Waals surface area (Å²) >= 11 is 0. The number of nitrogens with zero attached hydrogens (tertiary/aromatic N) is 2. The summed E-state index contributed by atoms with van der Waals surface area (Å²) in [5.41, 5.74) is 0.759. The quantitative estimate of drug-likeness (QED) is 0.246. The molecule has 1 heterocycles. The Balaban J connectivity index is 0.00000392. The zero-order chi connectivity index (χ0) is 19.7. The summed E-state index contributed by atoms with van der Waals surface area (Å²) in [6.45, 7) is 2.31. The maximum Gasteiger partial charge on any atom is 0.390 e. The second-order valence-electron chi connectivity index (χ2n) is 5.55. The van der Waals surface area contributed by atoms with Crippen molar-refractivity contribution < 1.29 is 22.3 Å². The first-order valence-electron chi connectivity index (χ1n) is 8.33. The van der Waals surface area contributed by atoms with E-state index in [1.165, 1.54) is 30.5 Å². The fourth-order valence-electron chi connectivity index (χ4n) is 2.06. The van der Waals surface area contributed by atoms with Crippen LogP contribution in [0, 0.1) is 5.82 Å². The highest BCUT2D eigenvalue weighted by atomic mass is 127. The first-order valence-corrected chi connectivity index (χ1v) is 8.33. The van der Waals surface area contributed by atoms with Gasteiger partial charge in [0.2, 0.25) is 5.88 Å². The molecule has 0 aliphatic rings. The molecule has 0 atom stereocenters. The van der Waals surface area contributed by atoms with Gasteiger partial charge in [-0.1, -0.05) is 0 Å². The summed E-state index contributed by atoms with van der Waals surface area (Å²) in [7, 11) is 0. The number of rotatable bonds is 7. The molecule has 2 aromatic rings. The van der Waals surface area contributed by atoms with Crippen molar-refractivity contribution in [3.05, 3.63) is 54.0 Å². The molecule has 0 bridgehead atoms. The van der Waals surface area contributed by atoms with Crippen LogP contribution in [0.4, 0.5) is 17.6 Å². The van der Waals surface area contributed by atoms with Crippen LogP contribution in [-0.4, -0.2) is 30.2 Å². The average molecular weight is 512 g/mol. The van der Waals surface area contributed by atoms with E-state index in [2.05, 4.69) is 20.6 Å². The lowest BCUT2D eigenvalue weighted by atomic mass is 10.2. The van der Waals surface area contributed by atoms with Crippen LogP contribution in [-0.2, 0) is 6.54 Å². The van der Waals surface area contributed by atoms with Gasteiger partial charge in [0, 0.05) is 25.4 Å². The van der Waals surface area contributed by atoms with Crippen LogP contribution < -0.4 is 15.4 Å².